The minimum atomic E-state index is -0.519. The number of benzene rings is 1. The Morgan fingerprint density at radius 3 is 2.81 bits per heavy atom. The van der Waals surface area contributed by atoms with Crippen LogP contribution in [0, 0.1) is 0 Å². The molecule has 1 fully saturated rings. The Kier molecular flexibility index (Phi) is 7.14. The largest absolute Gasteiger partial charge is 0.365 e. The van der Waals surface area contributed by atoms with E-state index in [9.17, 15) is 14.4 Å². The van der Waals surface area contributed by atoms with E-state index in [4.69, 9.17) is 18.0 Å². The number of halogens is 1. The number of primary amides is 1. The van der Waals surface area contributed by atoms with Crippen molar-refractivity contribution in [2.45, 2.75) is 32.1 Å². The number of aryl methyl sites for hydroxylation is 1. The van der Waals surface area contributed by atoms with Crippen LogP contribution in [-0.4, -0.2) is 33.5 Å². The van der Waals surface area contributed by atoms with Gasteiger partial charge >= 0.3 is 0 Å². The lowest BCUT2D eigenvalue weighted by Crippen LogP contribution is -2.31. The van der Waals surface area contributed by atoms with Crippen LogP contribution in [0.5, 0.6) is 0 Å². The minimum Gasteiger partial charge on any atom is -0.365 e. The second-order valence-electron chi connectivity index (χ2n) is 7.47. The molecule has 2 heterocycles. The fraction of sp³-hybridized carbons (Fsp3) is 0.273. The third kappa shape index (κ3) is 4.98. The van der Waals surface area contributed by atoms with E-state index in [1.165, 1.54) is 28.0 Å². The monoisotopic (exact) mass is 549 g/mol. The molecule has 0 atom stereocenters. The molecule has 10 heteroatoms. The van der Waals surface area contributed by atoms with Crippen molar-refractivity contribution in [3.05, 3.63) is 55.2 Å². The lowest BCUT2D eigenvalue weighted by molar-refractivity contribution is -0.122. The zero-order valence-corrected chi connectivity index (χ0v) is 21.0. The van der Waals surface area contributed by atoms with Gasteiger partial charge in [-0.15, -0.1) is 11.3 Å². The molecular formula is C22H20BrN3O3S3. The van der Waals surface area contributed by atoms with E-state index in [1.807, 2.05) is 24.3 Å². The van der Waals surface area contributed by atoms with Gasteiger partial charge in [-0.1, -0.05) is 52.0 Å². The summed E-state index contributed by atoms with van der Waals surface area (Å²) in [4.78, 5) is 40.5. The van der Waals surface area contributed by atoms with Crippen LogP contribution < -0.4 is 11.1 Å². The normalized spacial score (nSPS) is 17.0. The number of hydrogen-bond acceptors (Lipinski definition) is 6. The predicted octanol–water partition coefficient (Wildman–Crippen LogP) is 4.72. The first kappa shape index (κ1) is 23.2. The molecule has 0 spiro atoms. The molecule has 6 nitrogen and oxygen atoms in total. The maximum atomic E-state index is 12.8. The Labute approximate surface area is 207 Å². The van der Waals surface area contributed by atoms with Crippen LogP contribution in [-0.2, 0) is 22.4 Å². The van der Waals surface area contributed by atoms with Crippen LogP contribution in [0.25, 0.3) is 6.08 Å². The quantitative estimate of drug-likeness (QED) is 0.401. The van der Waals surface area contributed by atoms with Crippen molar-refractivity contribution < 1.29 is 14.4 Å². The number of thiocarbonyl (C=S) groups is 1. The lowest BCUT2D eigenvalue weighted by Gasteiger charge is -2.14. The summed E-state index contributed by atoms with van der Waals surface area (Å²) in [7, 11) is 0. The van der Waals surface area contributed by atoms with Gasteiger partial charge in [0.2, 0.25) is 5.91 Å². The molecule has 1 aliphatic carbocycles. The van der Waals surface area contributed by atoms with Gasteiger partial charge in [-0.05, 0) is 55.0 Å². The topological polar surface area (TPSA) is 92.5 Å². The van der Waals surface area contributed by atoms with E-state index in [1.54, 1.807) is 6.08 Å². The Bertz CT molecular complexity index is 1160. The molecule has 166 valence electrons. The van der Waals surface area contributed by atoms with Crippen LogP contribution >= 0.6 is 51.2 Å². The Morgan fingerprint density at radius 1 is 1.28 bits per heavy atom. The average Bonchev–Trinajstić information content (AvgIpc) is 3.23. The third-order valence-electron chi connectivity index (χ3n) is 5.25. The van der Waals surface area contributed by atoms with Crippen molar-refractivity contribution >= 4 is 84.4 Å². The molecule has 1 saturated heterocycles. The number of nitrogens with two attached hydrogens (primary N) is 1. The fourth-order valence-electron chi connectivity index (χ4n) is 3.76. The molecule has 0 bridgehead atoms. The minimum absolute atomic E-state index is 0.0668. The number of rotatable bonds is 6. The van der Waals surface area contributed by atoms with Crippen LogP contribution in [0.15, 0.2) is 33.6 Å². The number of nitrogens with one attached hydrogen (secondary N) is 1. The summed E-state index contributed by atoms with van der Waals surface area (Å²) >= 11 is 11.4. The highest BCUT2D eigenvalue weighted by Gasteiger charge is 2.32. The first-order chi connectivity index (χ1) is 15.3. The highest BCUT2D eigenvalue weighted by Crippen LogP contribution is 2.38. The number of hydrogen-bond donors (Lipinski definition) is 2. The van der Waals surface area contributed by atoms with E-state index in [2.05, 4.69) is 21.2 Å². The summed E-state index contributed by atoms with van der Waals surface area (Å²) in [5, 5.41) is 3.34. The van der Waals surface area contributed by atoms with Crippen molar-refractivity contribution in [1.82, 2.24) is 4.90 Å². The Hall–Kier alpha value is -2.01. The van der Waals surface area contributed by atoms with Gasteiger partial charge < -0.3 is 11.1 Å². The molecule has 3 amide bonds. The smallest absolute Gasteiger partial charge is 0.266 e. The fourth-order valence-corrected chi connectivity index (χ4v) is 6.79. The number of thioether (sulfide) groups is 1. The van der Waals surface area contributed by atoms with Crippen molar-refractivity contribution in [2.75, 3.05) is 11.9 Å². The molecule has 1 aromatic heterocycles. The number of thiophene rings is 1. The van der Waals surface area contributed by atoms with Gasteiger partial charge in [-0.3, -0.25) is 19.3 Å². The van der Waals surface area contributed by atoms with E-state index < -0.39 is 5.91 Å². The van der Waals surface area contributed by atoms with Gasteiger partial charge in [-0.25, -0.2) is 0 Å². The molecule has 0 unspecified atom stereocenters. The summed E-state index contributed by atoms with van der Waals surface area (Å²) in [6.07, 6.45) is 5.65. The molecule has 1 aliphatic heterocycles. The molecule has 2 aliphatic rings. The van der Waals surface area contributed by atoms with E-state index in [-0.39, 0.29) is 24.8 Å². The predicted molar refractivity (Wildman–Crippen MR) is 137 cm³/mol. The lowest BCUT2D eigenvalue weighted by atomic mass is 9.95. The summed E-state index contributed by atoms with van der Waals surface area (Å²) < 4.78 is 1.34. The van der Waals surface area contributed by atoms with E-state index >= 15 is 0 Å². The first-order valence-corrected chi connectivity index (χ1v) is 12.9. The zero-order valence-electron chi connectivity index (χ0n) is 17.0. The van der Waals surface area contributed by atoms with Crippen LogP contribution in [0.4, 0.5) is 5.00 Å². The average molecular weight is 551 g/mol. The van der Waals surface area contributed by atoms with Crippen LogP contribution in [0.1, 0.15) is 45.6 Å². The molecule has 0 radical (unpaired) electrons. The van der Waals surface area contributed by atoms with Crippen molar-refractivity contribution in [3.8, 4) is 0 Å². The number of fused-ring (bicyclic) bond motifs is 1. The molecular weight excluding hydrogens is 530 g/mol. The zero-order chi connectivity index (χ0) is 22.8. The van der Waals surface area contributed by atoms with Gasteiger partial charge in [0.1, 0.15) is 9.32 Å². The van der Waals surface area contributed by atoms with Crippen molar-refractivity contribution in [1.29, 1.82) is 0 Å². The van der Waals surface area contributed by atoms with Crippen molar-refractivity contribution in [2.24, 2.45) is 5.73 Å². The molecule has 1 aromatic carbocycles. The first-order valence-electron chi connectivity index (χ1n) is 10.1. The second kappa shape index (κ2) is 9.86. The van der Waals surface area contributed by atoms with Crippen LogP contribution in [0.2, 0.25) is 0 Å². The standard InChI is InChI=1S/C22H20BrN3O3S3/c23-13-5-3-4-12(10-13)11-16-21(29)26(22(30)32-16)9-8-17(27)25-20-18(19(24)28)14-6-1-2-7-15(14)31-20/h3-5,10-11H,1-2,6-9H2,(H2,24,28)(H,25,27). The molecule has 4 rings (SSSR count). The van der Waals surface area contributed by atoms with Gasteiger partial charge in [-0.2, -0.15) is 0 Å². The second-order valence-corrected chi connectivity index (χ2v) is 11.2. The third-order valence-corrected chi connectivity index (χ3v) is 8.33. The van der Waals surface area contributed by atoms with E-state index in [0.717, 1.165) is 46.2 Å². The van der Waals surface area contributed by atoms with Gasteiger partial charge in [0, 0.05) is 22.3 Å². The summed E-state index contributed by atoms with van der Waals surface area (Å²) in [5.41, 5.74) is 7.88. The number of anilines is 1. The number of carbonyl (C=O) groups is 3. The number of nitrogens with zero attached hydrogens (tertiary/aromatic N) is 1. The Morgan fingerprint density at radius 2 is 2.06 bits per heavy atom. The molecule has 0 saturated carbocycles. The highest BCUT2D eigenvalue weighted by atomic mass is 79.9. The van der Waals surface area contributed by atoms with Crippen molar-refractivity contribution in [3.63, 3.8) is 0 Å². The van der Waals surface area contributed by atoms with Gasteiger partial charge in [0.15, 0.2) is 0 Å². The van der Waals surface area contributed by atoms with Gasteiger partial charge in [0.25, 0.3) is 11.8 Å². The summed E-state index contributed by atoms with van der Waals surface area (Å²) in [6.45, 7) is 0.170. The SMILES string of the molecule is NC(=O)c1c(NC(=O)CCN2C(=O)C(=Cc3cccc(Br)c3)SC2=S)sc2c1CCCC2. The van der Waals surface area contributed by atoms with Crippen LogP contribution in [0.3, 0.4) is 0 Å². The molecule has 3 N–H and O–H groups in total. The van der Waals surface area contributed by atoms with E-state index in [0.29, 0.717) is 19.8 Å². The number of carbonyl (C=O) groups excluding carboxylic acids is 3. The van der Waals surface area contributed by atoms with Gasteiger partial charge in [0.05, 0.1) is 10.5 Å². The molecule has 2 aromatic rings. The highest BCUT2D eigenvalue weighted by molar-refractivity contribution is 9.10. The summed E-state index contributed by atoms with van der Waals surface area (Å²) in [5.74, 6) is -1.01. The maximum Gasteiger partial charge on any atom is 0.266 e. The maximum absolute atomic E-state index is 12.8. The Balaban J connectivity index is 1.41. The number of amides is 3. The summed E-state index contributed by atoms with van der Waals surface area (Å²) in [6, 6.07) is 7.62. The molecule has 32 heavy (non-hydrogen) atoms.